The van der Waals surface area contributed by atoms with E-state index >= 15 is 0 Å². The molecule has 1 heterocycles. The van der Waals surface area contributed by atoms with Gasteiger partial charge < -0.3 is 0 Å². The van der Waals surface area contributed by atoms with E-state index in [2.05, 4.69) is 10.3 Å². The maximum absolute atomic E-state index is 8.83. The van der Waals surface area contributed by atoms with Gasteiger partial charge in [0.1, 0.15) is 7.05 Å². The second-order valence-corrected chi connectivity index (χ2v) is 2.68. The summed E-state index contributed by atoms with van der Waals surface area (Å²) in [6, 6.07) is 0. The number of hydrogen-bond donors (Lipinski definition) is 3. The number of halogens is 1. The van der Waals surface area contributed by atoms with Gasteiger partial charge in [0.05, 0.1) is 17.4 Å². The Morgan fingerprint density at radius 2 is 1.92 bits per heavy atom. The van der Waals surface area contributed by atoms with Gasteiger partial charge in [-0.2, -0.15) is 0 Å². The summed E-state index contributed by atoms with van der Waals surface area (Å²) in [5.74, 6) is 0. The number of aryl methyl sites for hydroxylation is 2. The summed E-state index contributed by atoms with van der Waals surface area (Å²) in [7, 11) is -0.590. The average molecular weight is 202 g/mol. The van der Waals surface area contributed by atoms with Crippen molar-refractivity contribution in [1.82, 2.24) is 15.1 Å². The van der Waals surface area contributed by atoms with E-state index in [1.807, 2.05) is 7.05 Å². The van der Waals surface area contributed by atoms with Gasteiger partial charge in [-0.25, -0.2) is 0 Å². The maximum atomic E-state index is 8.83. The van der Waals surface area contributed by atoms with Crippen molar-refractivity contribution < 1.29 is 33.6 Å². The molecule has 3 N–H and O–H groups in total. The van der Waals surface area contributed by atoms with Crippen molar-refractivity contribution >= 4 is 0 Å². The van der Waals surface area contributed by atoms with Crippen molar-refractivity contribution in [2.45, 2.75) is 0 Å². The van der Waals surface area contributed by atoms with Crippen LogP contribution < -0.4 is 9.34 Å². The molecule has 0 saturated carbocycles. The van der Waals surface area contributed by atoms with E-state index < -0.39 is 10.2 Å². The Bertz CT molecular complexity index is 210. The summed E-state index contributed by atoms with van der Waals surface area (Å²) in [5.41, 5.74) is 0. The molecule has 0 bridgehead atoms. The van der Waals surface area contributed by atoms with Crippen LogP contribution in [0.2, 0.25) is 0 Å². The molecule has 0 saturated heterocycles. The first-order valence-electron chi connectivity index (χ1n) is 2.67. The Morgan fingerprint density at radius 1 is 1.50 bits per heavy atom. The summed E-state index contributed by atoms with van der Waals surface area (Å²) in [4.78, 5) is 1.50. The molecule has 0 spiro atoms. The second-order valence-electron chi connectivity index (χ2n) is 1.82. The molecule has 8 nitrogen and oxygen atoms in total. The van der Waals surface area contributed by atoms with Crippen molar-refractivity contribution in [3.8, 4) is 0 Å². The van der Waals surface area contributed by atoms with Crippen molar-refractivity contribution in [3.05, 3.63) is 6.33 Å². The molecule has 0 aliphatic rings. The van der Waals surface area contributed by atoms with Crippen LogP contribution in [0.5, 0.6) is 0 Å². The van der Waals surface area contributed by atoms with Crippen LogP contribution in [-0.2, 0) is 14.1 Å². The fraction of sp³-hybridized carbons (Fsp3) is 0.667. The Labute approximate surface area is 70.0 Å². The van der Waals surface area contributed by atoms with E-state index in [9.17, 15) is 0 Å². The molecule has 0 amide bonds. The normalized spacial score (nSPS) is 11.8. The van der Waals surface area contributed by atoms with Crippen LogP contribution in [0, 0.1) is 10.2 Å². The molecule has 0 aliphatic heterocycles. The molecular weight excluding hydrogens is 192 g/mol. The molecule has 0 atom stereocenters. The molecule has 9 heteroatoms. The van der Waals surface area contributed by atoms with Crippen LogP contribution in [0.4, 0.5) is 0 Å². The Morgan fingerprint density at radius 3 is 2.00 bits per heavy atom. The van der Waals surface area contributed by atoms with E-state index in [0.717, 1.165) is 0 Å². The van der Waals surface area contributed by atoms with Crippen LogP contribution in [0.15, 0.2) is 6.33 Å². The van der Waals surface area contributed by atoms with E-state index in [-0.39, 0.29) is 0 Å². The van der Waals surface area contributed by atoms with Crippen LogP contribution in [0.1, 0.15) is 0 Å². The van der Waals surface area contributed by atoms with Crippen LogP contribution in [0.3, 0.4) is 0 Å². The molecule has 12 heavy (non-hydrogen) atoms. The Kier molecular flexibility index (Phi) is 4.00. The average Bonchev–Trinajstić information content (AvgIpc) is 2.09. The molecule has 0 radical (unpaired) electrons. The summed E-state index contributed by atoms with van der Waals surface area (Å²) >= 11 is 0. The van der Waals surface area contributed by atoms with Crippen LogP contribution in [-0.4, -0.2) is 29.1 Å². The molecule has 72 valence electrons. The number of aromatic nitrogens is 4. The molecule has 0 aromatic carbocycles. The van der Waals surface area contributed by atoms with Gasteiger partial charge in [-0.05, 0) is 4.80 Å². The van der Waals surface area contributed by atoms with E-state index in [4.69, 9.17) is 18.6 Å². The summed E-state index contributed by atoms with van der Waals surface area (Å²) in [6.07, 6.45) is 1.64. The molecule has 0 unspecified atom stereocenters. The van der Waals surface area contributed by atoms with E-state index in [0.29, 0.717) is 0 Å². The molecular formula is C3H10ClN4O4+. The number of hydrogen-bond acceptors (Lipinski definition) is 6. The van der Waals surface area contributed by atoms with Gasteiger partial charge in [0.15, 0.2) is 0 Å². The second kappa shape index (κ2) is 4.28. The predicted octanol–water partition coefficient (Wildman–Crippen LogP) is -4.22. The number of tetrazole rings is 1. The minimum atomic E-state index is -4.19. The van der Waals surface area contributed by atoms with Crippen molar-refractivity contribution in [2.75, 3.05) is 0 Å². The zero-order valence-corrected chi connectivity index (χ0v) is 7.25. The third-order valence-electron chi connectivity index (χ3n) is 0.656. The van der Waals surface area contributed by atoms with E-state index in [1.165, 1.54) is 4.80 Å². The van der Waals surface area contributed by atoms with Gasteiger partial charge in [-0.3, -0.25) is 0 Å². The van der Waals surface area contributed by atoms with Gasteiger partial charge in [0.2, 0.25) is 0 Å². The fourth-order valence-corrected chi connectivity index (χ4v) is 0.400. The minimum absolute atomic E-state index is 1.50. The zero-order chi connectivity index (χ0) is 9.78. The first kappa shape index (κ1) is 11.2. The fourth-order valence-electron chi connectivity index (χ4n) is 0.400. The molecule has 0 fully saturated rings. The summed E-state index contributed by atoms with van der Waals surface area (Å²) < 4.78 is 31.9. The standard InChI is InChI=1S/C3H7N4.ClH3O4/c1-6-3-4-7(2)5-6;2-1(3,4)5/h3H,1-2H3;2-4H/q+1;. The first-order valence-corrected chi connectivity index (χ1v) is 4.00. The topological polar surface area (TPSA) is 118 Å². The predicted molar refractivity (Wildman–Crippen MR) is 28.8 cm³/mol. The summed E-state index contributed by atoms with van der Waals surface area (Å²) in [6.45, 7) is 0. The van der Waals surface area contributed by atoms with Crippen LogP contribution in [0.25, 0.3) is 0 Å². The van der Waals surface area contributed by atoms with Crippen LogP contribution >= 0.6 is 0 Å². The van der Waals surface area contributed by atoms with Gasteiger partial charge >= 0.3 is 28.9 Å². The SMILES string of the molecule is Cn1nc[n+](C)n1.[O-][Cl+](O)(O)O. The number of nitrogens with zero attached hydrogens (tertiary/aromatic N) is 4. The summed E-state index contributed by atoms with van der Waals surface area (Å²) in [5, 5.41) is 7.62. The monoisotopic (exact) mass is 201 g/mol. The Balaban J connectivity index is 0.000000217. The third-order valence-corrected chi connectivity index (χ3v) is 0.656. The van der Waals surface area contributed by atoms with Gasteiger partial charge in [0, 0.05) is 0 Å². The van der Waals surface area contributed by atoms with Crippen molar-refractivity contribution in [1.29, 1.82) is 0 Å². The van der Waals surface area contributed by atoms with E-state index in [1.54, 1.807) is 18.1 Å². The molecule has 1 aromatic rings. The first-order chi connectivity index (χ1) is 5.29. The van der Waals surface area contributed by atoms with Gasteiger partial charge in [0.25, 0.3) is 6.33 Å². The quantitative estimate of drug-likeness (QED) is 0.366. The van der Waals surface area contributed by atoms with Crippen molar-refractivity contribution in [2.24, 2.45) is 14.1 Å². The Hall–Kier alpha value is -0.800. The molecule has 1 rings (SSSR count). The number of rotatable bonds is 0. The van der Waals surface area contributed by atoms with Crippen molar-refractivity contribution in [3.63, 3.8) is 0 Å². The molecule has 1 aromatic heterocycles. The third kappa shape index (κ3) is 9.20. The molecule has 0 aliphatic carbocycles. The van der Waals surface area contributed by atoms with Gasteiger partial charge in [-0.1, -0.05) is 0 Å². The van der Waals surface area contributed by atoms with Gasteiger partial charge in [-0.15, -0.1) is 4.68 Å². The zero-order valence-electron chi connectivity index (χ0n) is 6.49.